The fraction of sp³-hybridized carbons (Fsp3) is 0.312. The average Bonchev–Trinajstić information content (AvgIpc) is 3.01. The predicted molar refractivity (Wildman–Crippen MR) is 86.4 cm³/mol. The van der Waals surface area contributed by atoms with Gasteiger partial charge in [0.05, 0.1) is 13.2 Å². The van der Waals surface area contributed by atoms with Gasteiger partial charge in [-0.1, -0.05) is 23.4 Å². The van der Waals surface area contributed by atoms with Crippen LogP contribution in [0.1, 0.15) is 25.5 Å². The van der Waals surface area contributed by atoms with Crippen LogP contribution in [0.2, 0.25) is 0 Å². The van der Waals surface area contributed by atoms with Crippen molar-refractivity contribution in [1.29, 1.82) is 0 Å². The van der Waals surface area contributed by atoms with E-state index in [-0.39, 0.29) is 30.1 Å². The monoisotopic (exact) mass is 345 g/mol. The molecule has 0 aliphatic rings. The SMILES string of the molecule is CCOC(=O)C(C)n1cnc2c(nnn2Cc2ccccc2F)c1=O. The Morgan fingerprint density at radius 2 is 2.12 bits per heavy atom. The quantitative estimate of drug-likeness (QED) is 0.647. The summed E-state index contributed by atoms with van der Waals surface area (Å²) in [4.78, 5) is 28.5. The molecule has 9 heteroatoms. The van der Waals surface area contributed by atoms with Gasteiger partial charge in [0, 0.05) is 5.56 Å². The summed E-state index contributed by atoms with van der Waals surface area (Å²) in [5, 5.41) is 7.72. The van der Waals surface area contributed by atoms with Crippen molar-refractivity contribution in [2.45, 2.75) is 26.4 Å². The van der Waals surface area contributed by atoms with Gasteiger partial charge in [0.2, 0.25) is 0 Å². The minimum atomic E-state index is -0.832. The first kappa shape index (κ1) is 16.7. The zero-order chi connectivity index (χ0) is 18.0. The summed E-state index contributed by atoms with van der Waals surface area (Å²) in [5.41, 5.74) is 0.126. The lowest BCUT2D eigenvalue weighted by Gasteiger charge is -2.12. The predicted octanol–water partition coefficient (Wildman–Crippen LogP) is 1.30. The second-order valence-electron chi connectivity index (χ2n) is 5.40. The Morgan fingerprint density at radius 3 is 2.84 bits per heavy atom. The largest absolute Gasteiger partial charge is 0.464 e. The van der Waals surface area contributed by atoms with Crippen LogP contribution in [0.3, 0.4) is 0 Å². The van der Waals surface area contributed by atoms with E-state index in [1.165, 1.54) is 24.0 Å². The molecule has 0 saturated carbocycles. The minimum Gasteiger partial charge on any atom is -0.464 e. The number of benzene rings is 1. The molecule has 8 nitrogen and oxygen atoms in total. The van der Waals surface area contributed by atoms with Gasteiger partial charge >= 0.3 is 5.97 Å². The molecule has 0 amide bonds. The molecule has 0 aliphatic carbocycles. The van der Waals surface area contributed by atoms with Crippen LogP contribution in [-0.4, -0.2) is 37.1 Å². The highest BCUT2D eigenvalue weighted by atomic mass is 19.1. The highest BCUT2D eigenvalue weighted by molar-refractivity contribution is 5.74. The first-order chi connectivity index (χ1) is 12.0. The maximum absolute atomic E-state index is 13.8. The van der Waals surface area contributed by atoms with Crippen LogP contribution < -0.4 is 5.56 Å². The summed E-state index contributed by atoms with van der Waals surface area (Å²) in [6.45, 7) is 3.53. The maximum Gasteiger partial charge on any atom is 0.328 e. The minimum absolute atomic E-state index is 0.00925. The summed E-state index contributed by atoms with van der Waals surface area (Å²) in [6.07, 6.45) is 1.24. The molecule has 0 spiro atoms. The van der Waals surface area contributed by atoms with E-state index >= 15 is 0 Å². The molecule has 0 saturated heterocycles. The lowest BCUT2D eigenvalue weighted by Crippen LogP contribution is -2.29. The Hall–Kier alpha value is -3.10. The van der Waals surface area contributed by atoms with Gasteiger partial charge < -0.3 is 4.74 Å². The standard InChI is InChI=1S/C16H16FN5O3/c1-3-25-16(24)10(2)21-9-18-14-13(15(21)23)19-20-22(14)8-11-6-4-5-7-12(11)17/h4-7,9-10H,3,8H2,1-2H3. The van der Waals surface area contributed by atoms with E-state index in [2.05, 4.69) is 15.3 Å². The molecule has 3 rings (SSSR count). The van der Waals surface area contributed by atoms with Crippen molar-refractivity contribution in [3.05, 3.63) is 52.3 Å². The number of esters is 1. The number of hydrogen-bond donors (Lipinski definition) is 0. The third kappa shape index (κ3) is 3.12. The Morgan fingerprint density at radius 1 is 1.36 bits per heavy atom. The molecule has 25 heavy (non-hydrogen) atoms. The van der Waals surface area contributed by atoms with Crippen molar-refractivity contribution >= 4 is 17.1 Å². The molecule has 0 N–H and O–H groups in total. The van der Waals surface area contributed by atoms with Gasteiger partial charge in [0.25, 0.3) is 5.56 Å². The van der Waals surface area contributed by atoms with E-state index in [0.717, 1.165) is 4.57 Å². The maximum atomic E-state index is 13.8. The summed E-state index contributed by atoms with van der Waals surface area (Å²) in [7, 11) is 0. The topological polar surface area (TPSA) is 91.9 Å². The van der Waals surface area contributed by atoms with Crippen molar-refractivity contribution in [3.8, 4) is 0 Å². The molecule has 0 bridgehead atoms. The summed E-state index contributed by atoms with van der Waals surface area (Å²) in [5.74, 6) is -0.917. The number of halogens is 1. The summed E-state index contributed by atoms with van der Waals surface area (Å²) < 4.78 is 21.2. The van der Waals surface area contributed by atoms with Crippen molar-refractivity contribution in [3.63, 3.8) is 0 Å². The third-order valence-corrected chi connectivity index (χ3v) is 3.77. The zero-order valence-corrected chi connectivity index (χ0v) is 13.7. The Labute approximate surface area is 141 Å². The highest BCUT2D eigenvalue weighted by Gasteiger charge is 2.21. The highest BCUT2D eigenvalue weighted by Crippen LogP contribution is 2.12. The second-order valence-corrected chi connectivity index (χ2v) is 5.40. The first-order valence-electron chi connectivity index (χ1n) is 7.73. The van der Waals surface area contributed by atoms with Gasteiger partial charge in [0.1, 0.15) is 18.2 Å². The number of aromatic nitrogens is 5. The van der Waals surface area contributed by atoms with Crippen LogP contribution in [0.4, 0.5) is 4.39 Å². The van der Waals surface area contributed by atoms with Crippen molar-refractivity contribution < 1.29 is 13.9 Å². The lowest BCUT2D eigenvalue weighted by molar-refractivity contribution is -0.146. The normalized spacial score (nSPS) is 12.3. The van der Waals surface area contributed by atoms with Crippen LogP contribution >= 0.6 is 0 Å². The van der Waals surface area contributed by atoms with Crippen LogP contribution in [0.15, 0.2) is 35.4 Å². The number of fused-ring (bicyclic) bond motifs is 1. The zero-order valence-electron chi connectivity index (χ0n) is 13.7. The average molecular weight is 345 g/mol. The number of nitrogens with zero attached hydrogens (tertiary/aromatic N) is 5. The van der Waals surface area contributed by atoms with Crippen LogP contribution in [0, 0.1) is 5.82 Å². The molecule has 1 atom stereocenters. The Kier molecular flexibility index (Phi) is 4.55. The van der Waals surface area contributed by atoms with E-state index in [9.17, 15) is 14.0 Å². The molecular weight excluding hydrogens is 329 g/mol. The van der Waals surface area contributed by atoms with Crippen LogP contribution in [0.25, 0.3) is 11.2 Å². The number of carbonyl (C=O) groups is 1. The van der Waals surface area contributed by atoms with Crippen LogP contribution in [0.5, 0.6) is 0 Å². The van der Waals surface area contributed by atoms with Crippen molar-refractivity contribution in [2.75, 3.05) is 6.61 Å². The number of ether oxygens (including phenoxy) is 1. The van der Waals surface area contributed by atoms with E-state index in [0.29, 0.717) is 5.56 Å². The van der Waals surface area contributed by atoms with Crippen molar-refractivity contribution in [1.82, 2.24) is 24.5 Å². The van der Waals surface area contributed by atoms with Gasteiger partial charge in [-0.05, 0) is 19.9 Å². The van der Waals surface area contributed by atoms with E-state index < -0.39 is 17.6 Å². The third-order valence-electron chi connectivity index (χ3n) is 3.77. The fourth-order valence-corrected chi connectivity index (χ4v) is 2.41. The van der Waals surface area contributed by atoms with Crippen molar-refractivity contribution in [2.24, 2.45) is 0 Å². The Bertz CT molecular complexity index is 981. The molecule has 0 fully saturated rings. The molecular formula is C16H16FN5O3. The van der Waals surface area contributed by atoms with Gasteiger partial charge in [-0.2, -0.15) is 0 Å². The molecule has 2 aromatic heterocycles. The van der Waals surface area contributed by atoms with Crippen LogP contribution in [-0.2, 0) is 16.1 Å². The molecule has 1 unspecified atom stereocenters. The molecule has 1 aromatic carbocycles. The lowest BCUT2D eigenvalue weighted by atomic mass is 10.2. The van der Waals surface area contributed by atoms with E-state index in [1.54, 1.807) is 25.1 Å². The number of hydrogen-bond acceptors (Lipinski definition) is 6. The van der Waals surface area contributed by atoms with E-state index in [4.69, 9.17) is 4.74 Å². The molecule has 130 valence electrons. The van der Waals surface area contributed by atoms with Gasteiger partial charge in [-0.25, -0.2) is 18.9 Å². The first-order valence-corrected chi connectivity index (χ1v) is 7.73. The van der Waals surface area contributed by atoms with E-state index in [1.807, 2.05) is 0 Å². The Balaban J connectivity index is 1.98. The second kappa shape index (κ2) is 6.80. The number of rotatable bonds is 5. The summed E-state index contributed by atoms with van der Waals surface area (Å²) in [6, 6.07) is 5.43. The summed E-state index contributed by atoms with van der Waals surface area (Å²) >= 11 is 0. The van der Waals surface area contributed by atoms with Gasteiger partial charge in [-0.3, -0.25) is 9.36 Å². The molecule has 0 radical (unpaired) electrons. The van der Waals surface area contributed by atoms with Gasteiger partial charge in [-0.15, -0.1) is 5.10 Å². The smallest absolute Gasteiger partial charge is 0.328 e. The molecule has 2 heterocycles. The molecule has 0 aliphatic heterocycles. The number of carbonyl (C=O) groups excluding carboxylic acids is 1. The van der Waals surface area contributed by atoms with Gasteiger partial charge in [0.15, 0.2) is 11.2 Å². The molecule has 3 aromatic rings. The fourth-order valence-electron chi connectivity index (χ4n) is 2.41.